The monoisotopic (exact) mass is 270 g/mol. The Morgan fingerprint density at radius 2 is 1.84 bits per heavy atom. The Kier molecular flexibility index (Phi) is 9.17. The normalized spacial score (nSPS) is 12.8. The lowest BCUT2D eigenvalue weighted by molar-refractivity contribution is -0.159. The molecule has 0 aromatic carbocycles. The highest BCUT2D eigenvalue weighted by molar-refractivity contribution is 5.75. The first kappa shape index (κ1) is 17.9. The lowest BCUT2D eigenvalue weighted by atomic mass is 9.91. The van der Waals surface area contributed by atoms with E-state index in [1.165, 1.54) is 0 Å². The SMILES string of the molecule is C=CCOCC(COC(=O)C(C)(C)CC)OCC=C. The Bertz CT molecular complexity index is 284. The third-order valence-corrected chi connectivity index (χ3v) is 2.83. The molecule has 0 aromatic rings. The zero-order valence-corrected chi connectivity index (χ0v) is 12.3. The summed E-state index contributed by atoms with van der Waals surface area (Å²) in [6.07, 6.45) is 3.76. The van der Waals surface area contributed by atoms with Crippen molar-refractivity contribution in [1.82, 2.24) is 0 Å². The average molecular weight is 270 g/mol. The van der Waals surface area contributed by atoms with Gasteiger partial charge in [-0.2, -0.15) is 0 Å². The first-order chi connectivity index (χ1) is 8.97. The van der Waals surface area contributed by atoms with Gasteiger partial charge in [0.25, 0.3) is 0 Å². The van der Waals surface area contributed by atoms with Gasteiger partial charge in [-0.3, -0.25) is 4.79 Å². The van der Waals surface area contributed by atoms with Crippen molar-refractivity contribution in [2.75, 3.05) is 26.4 Å². The van der Waals surface area contributed by atoms with E-state index in [1.54, 1.807) is 12.2 Å². The Morgan fingerprint density at radius 3 is 2.37 bits per heavy atom. The molecule has 0 saturated carbocycles. The van der Waals surface area contributed by atoms with Crippen molar-refractivity contribution in [1.29, 1.82) is 0 Å². The van der Waals surface area contributed by atoms with Gasteiger partial charge >= 0.3 is 5.97 Å². The molecule has 0 radical (unpaired) electrons. The van der Waals surface area contributed by atoms with Crippen LogP contribution in [0.4, 0.5) is 0 Å². The van der Waals surface area contributed by atoms with Gasteiger partial charge in [-0.05, 0) is 20.3 Å². The first-order valence-corrected chi connectivity index (χ1v) is 6.56. The van der Waals surface area contributed by atoms with E-state index in [4.69, 9.17) is 14.2 Å². The van der Waals surface area contributed by atoms with E-state index in [-0.39, 0.29) is 18.7 Å². The first-order valence-electron chi connectivity index (χ1n) is 6.56. The molecule has 0 bridgehead atoms. The maximum absolute atomic E-state index is 11.8. The third kappa shape index (κ3) is 7.80. The molecule has 0 rings (SSSR count). The molecule has 1 unspecified atom stereocenters. The maximum atomic E-state index is 11.8. The molecule has 0 heterocycles. The van der Waals surface area contributed by atoms with Gasteiger partial charge in [0.05, 0.1) is 25.2 Å². The molecule has 0 N–H and O–H groups in total. The topological polar surface area (TPSA) is 44.8 Å². The number of hydrogen-bond donors (Lipinski definition) is 0. The van der Waals surface area contributed by atoms with Crippen molar-refractivity contribution in [2.45, 2.75) is 33.3 Å². The van der Waals surface area contributed by atoms with Crippen LogP contribution in [0.2, 0.25) is 0 Å². The van der Waals surface area contributed by atoms with Crippen LogP contribution in [-0.2, 0) is 19.0 Å². The van der Waals surface area contributed by atoms with Crippen LogP contribution in [0.5, 0.6) is 0 Å². The van der Waals surface area contributed by atoms with E-state index < -0.39 is 5.41 Å². The van der Waals surface area contributed by atoms with Crippen LogP contribution < -0.4 is 0 Å². The smallest absolute Gasteiger partial charge is 0.311 e. The standard InChI is InChI=1S/C15H26O4/c1-6-9-17-11-13(18-10-7-2)12-19-14(16)15(4,5)8-3/h6-7,13H,1-2,8-12H2,3-5H3. The van der Waals surface area contributed by atoms with E-state index in [1.807, 2.05) is 20.8 Å². The highest BCUT2D eigenvalue weighted by Gasteiger charge is 2.27. The fraction of sp³-hybridized carbons (Fsp3) is 0.667. The summed E-state index contributed by atoms with van der Waals surface area (Å²) in [7, 11) is 0. The van der Waals surface area contributed by atoms with E-state index in [2.05, 4.69) is 13.2 Å². The summed E-state index contributed by atoms with van der Waals surface area (Å²) < 4.78 is 16.1. The van der Waals surface area contributed by atoms with Crippen molar-refractivity contribution < 1.29 is 19.0 Å². The van der Waals surface area contributed by atoms with Crippen LogP contribution >= 0.6 is 0 Å². The molecule has 0 aliphatic carbocycles. The predicted molar refractivity (Wildman–Crippen MR) is 76.0 cm³/mol. The highest BCUT2D eigenvalue weighted by Crippen LogP contribution is 2.21. The van der Waals surface area contributed by atoms with Gasteiger partial charge in [0.1, 0.15) is 12.7 Å². The fourth-order valence-electron chi connectivity index (χ4n) is 1.14. The van der Waals surface area contributed by atoms with E-state index in [9.17, 15) is 4.79 Å². The molecule has 110 valence electrons. The summed E-state index contributed by atoms with van der Waals surface area (Å²) >= 11 is 0. The zero-order valence-electron chi connectivity index (χ0n) is 12.3. The van der Waals surface area contributed by atoms with E-state index in [0.717, 1.165) is 6.42 Å². The molecular weight excluding hydrogens is 244 g/mol. The minimum atomic E-state index is -0.467. The van der Waals surface area contributed by atoms with Gasteiger partial charge in [0.15, 0.2) is 0 Å². The Morgan fingerprint density at radius 1 is 1.21 bits per heavy atom. The van der Waals surface area contributed by atoms with E-state index in [0.29, 0.717) is 19.8 Å². The van der Waals surface area contributed by atoms with Crippen LogP contribution in [0.1, 0.15) is 27.2 Å². The number of carbonyl (C=O) groups excluding carboxylic acids is 1. The van der Waals surface area contributed by atoms with Crippen LogP contribution in [0.15, 0.2) is 25.3 Å². The summed E-state index contributed by atoms with van der Waals surface area (Å²) in [6, 6.07) is 0. The molecule has 0 amide bonds. The summed E-state index contributed by atoms with van der Waals surface area (Å²) in [5.41, 5.74) is -0.467. The lowest BCUT2D eigenvalue weighted by Gasteiger charge is -2.23. The van der Waals surface area contributed by atoms with Crippen molar-refractivity contribution in [3.05, 3.63) is 25.3 Å². The van der Waals surface area contributed by atoms with Gasteiger partial charge in [-0.25, -0.2) is 0 Å². The molecule has 4 heteroatoms. The number of ether oxygens (including phenoxy) is 3. The average Bonchev–Trinajstić information content (AvgIpc) is 2.40. The number of hydrogen-bond acceptors (Lipinski definition) is 4. The molecule has 0 aliphatic rings. The van der Waals surface area contributed by atoms with Gasteiger partial charge < -0.3 is 14.2 Å². The van der Waals surface area contributed by atoms with Gasteiger partial charge in [0.2, 0.25) is 0 Å². The lowest BCUT2D eigenvalue weighted by Crippen LogP contribution is -2.32. The minimum absolute atomic E-state index is 0.188. The van der Waals surface area contributed by atoms with Crippen LogP contribution in [0.3, 0.4) is 0 Å². The van der Waals surface area contributed by atoms with Crippen molar-refractivity contribution in [3.8, 4) is 0 Å². The Labute approximate surface area is 116 Å². The second-order valence-corrected chi connectivity index (χ2v) is 4.91. The molecule has 4 nitrogen and oxygen atoms in total. The maximum Gasteiger partial charge on any atom is 0.311 e. The predicted octanol–water partition coefficient (Wildman–Crippen LogP) is 2.74. The van der Waals surface area contributed by atoms with Crippen LogP contribution in [0, 0.1) is 5.41 Å². The Hall–Kier alpha value is -1.13. The molecular formula is C15H26O4. The Balaban J connectivity index is 4.19. The summed E-state index contributed by atoms with van der Waals surface area (Å²) in [5.74, 6) is -0.217. The molecule has 19 heavy (non-hydrogen) atoms. The van der Waals surface area contributed by atoms with Crippen molar-refractivity contribution in [2.24, 2.45) is 5.41 Å². The molecule has 0 spiro atoms. The van der Waals surface area contributed by atoms with Crippen LogP contribution in [0.25, 0.3) is 0 Å². The summed E-state index contributed by atoms with van der Waals surface area (Å²) in [5, 5.41) is 0. The minimum Gasteiger partial charge on any atom is -0.462 e. The number of rotatable bonds is 11. The van der Waals surface area contributed by atoms with E-state index >= 15 is 0 Å². The summed E-state index contributed by atoms with van der Waals surface area (Å²) in [4.78, 5) is 11.8. The van der Waals surface area contributed by atoms with Gasteiger partial charge in [-0.1, -0.05) is 19.1 Å². The third-order valence-electron chi connectivity index (χ3n) is 2.83. The quantitative estimate of drug-likeness (QED) is 0.329. The molecule has 0 saturated heterocycles. The van der Waals surface area contributed by atoms with Gasteiger partial charge in [-0.15, -0.1) is 13.2 Å². The molecule has 0 aliphatic heterocycles. The fourth-order valence-corrected chi connectivity index (χ4v) is 1.14. The molecule has 0 fully saturated rings. The second kappa shape index (κ2) is 9.75. The largest absolute Gasteiger partial charge is 0.462 e. The van der Waals surface area contributed by atoms with Crippen molar-refractivity contribution in [3.63, 3.8) is 0 Å². The molecule has 1 atom stereocenters. The second-order valence-electron chi connectivity index (χ2n) is 4.91. The zero-order chi connectivity index (χ0) is 14.7. The number of carbonyl (C=O) groups is 1. The summed E-state index contributed by atoms with van der Waals surface area (Å²) in [6.45, 7) is 14.2. The van der Waals surface area contributed by atoms with Crippen LogP contribution in [-0.4, -0.2) is 38.5 Å². The van der Waals surface area contributed by atoms with Crippen molar-refractivity contribution >= 4 is 5.97 Å². The van der Waals surface area contributed by atoms with Gasteiger partial charge in [0, 0.05) is 0 Å². The highest BCUT2D eigenvalue weighted by atomic mass is 16.6. The molecule has 0 aromatic heterocycles. The number of esters is 1.